The summed E-state index contributed by atoms with van der Waals surface area (Å²) in [6, 6.07) is 0. The second-order valence-corrected chi connectivity index (χ2v) is 3.14. The molecule has 1 saturated heterocycles. The molecule has 0 atom stereocenters. The lowest BCUT2D eigenvalue weighted by molar-refractivity contribution is 0.246. The Kier molecular flexibility index (Phi) is 1.83. The van der Waals surface area contributed by atoms with Crippen LogP contribution in [0.5, 0.6) is 0 Å². The largest absolute Gasteiger partial charge is 0.449 e. The highest BCUT2D eigenvalue weighted by Crippen LogP contribution is 2.31. The summed E-state index contributed by atoms with van der Waals surface area (Å²) in [5.41, 5.74) is 0. The van der Waals surface area contributed by atoms with Gasteiger partial charge in [0.2, 0.25) is 0 Å². The van der Waals surface area contributed by atoms with Gasteiger partial charge in [-0.25, -0.2) is 9.29 Å². The highest BCUT2D eigenvalue weighted by atomic mass is 32.2. The van der Waals surface area contributed by atoms with Gasteiger partial charge in [0.15, 0.2) is 5.89 Å². The van der Waals surface area contributed by atoms with Crippen LogP contribution in [0, 0.1) is 0 Å². The van der Waals surface area contributed by atoms with E-state index in [0.29, 0.717) is 13.1 Å². The van der Waals surface area contributed by atoms with Crippen LogP contribution < -0.4 is 0 Å². The quantitative estimate of drug-likeness (QED) is 0.637. The molecule has 0 aliphatic carbocycles. The smallest absolute Gasteiger partial charge is 0.199 e. The minimum atomic E-state index is 0.276. The lowest BCUT2D eigenvalue weighted by atomic mass is 10.0. The molecule has 0 unspecified atom stereocenters. The van der Waals surface area contributed by atoms with Crippen molar-refractivity contribution in [2.45, 2.75) is 5.92 Å². The molecule has 0 N–H and O–H groups in total. The molecule has 0 saturated carbocycles. The molecule has 3 nitrogen and oxygen atoms in total. The molecule has 1 aliphatic heterocycles. The monoisotopic (exact) mass is 174 g/mol. The molecular weight excluding hydrogens is 167 g/mol. The zero-order valence-corrected chi connectivity index (χ0v) is 6.55. The van der Waals surface area contributed by atoms with Gasteiger partial charge in [-0.1, -0.05) is 0 Å². The van der Waals surface area contributed by atoms with E-state index in [1.54, 1.807) is 16.8 Å². The highest BCUT2D eigenvalue weighted by Gasteiger charge is 2.31. The van der Waals surface area contributed by atoms with Crippen molar-refractivity contribution in [2.24, 2.45) is 0 Å². The van der Waals surface area contributed by atoms with Gasteiger partial charge in [-0.2, -0.15) is 0 Å². The zero-order valence-electron chi connectivity index (χ0n) is 5.74. The van der Waals surface area contributed by atoms with Gasteiger partial charge >= 0.3 is 0 Å². The van der Waals surface area contributed by atoms with Crippen molar-refractivity contribution in [3.63, 3.8) is 0 Å². The van der Waals surface area contributed by atoms with E-state index in [1.165, 1.54) is 0 Å². The minimum absolute atomic E-state index is 0.276. The average molecular weight is 174 g/mol. The van der Waals surface area contributed by atoms with E-state index in [9.17, 15) is 3.89 Å². The first kappa shape index (κ1) is 7.12. The van der Waals surface area contributed by atoms with Crippen molar-refractivity contribution in [3.05, 3.63) is 18.4 Å². The lowest BCUT2D eigenvalue weighted by Crippen LogP contribution is -2.39. The average Bonchev–Trinajstić information content (AvgIpc) is 2.37. The molecule has 0 amide bonds. The first-order valence-electron chi connectivity index (χ1n) is 3.33. The maximum Gasteiger partial charge on any atom is 0.199 e. The summed E-state index contributed by atoms with van der Waals surface area (Å²) in [6.45, 7) is 1.39. The van der Waals surface area contributed by atoms with Crippen LogP contribution in [0.25, 0.3) is 0 Å². The maximum atomic E-state index is 11.8. The summed E-state index contributed by atoms with van der Waals surface area (Å²) >= 11 is 0.276. The lowest BCUT2D eigenvalue weighted by Gasteiger charge is -2.32. The molecule has 60 valence electrons. The third-order valence-corrected chi connectivity index (χ3v) is 2.24. The summed E-state index contributed by atoms with van der Waals surface area (Å²) in [4.78, 5) is 3.98. The summed E-state index contributed by atoms with van der Waals surface area (Å²) in [5, 5.41) is 0. The first-order valence-corrected chi connectivity index (χ1v) is 4.00. The van der Waals surface area contributed by atoms with Crippen LogP contribution in [-0.4, -0.2) is 22.4 Å². The SMILES string of the molecule is FSN1CC(c2ncco2)C1. The predicted octanol–water partition coefficient (Wildman–Crippen LogP) is 1.61. The van der Waals surface area contributed by atoms with Gasteiger partial charge < -0.3 is 4.42 Å². The van der Waals surface area contributed by atoms with E-state index in [1.807, 2.05) is 0 Å². The molecule has 2 rings (SSSR count). The molecule has 1 aliphatic rings. The van der Waals surface area contributed by atoms with Gasteiger partial charge in [-0.15, -0.1) is 3.89 Å². The van der Waals surface area contributed by atoms with E-state index in [0.717, 1.165) is 5.89 Å². The fourth-order valence-corrected chi connectivity index (χ4v) is 1.56. The number of nitrogens with zero attached hydrogens (tertiary/aromatic N) is 2. The van der Waals surface area contributed by atoms with E-state index in [2.05, 4.69) is 4.98 Å². The van der Waals surface area contributed by atoms with Crippen LogP contribution in [0.1, 0.15) is 11.8 Å². The van der Waals surface area contributed by atoms with Crippen molar-refractivity contribution in [1.82, 2.24) is 9.29 Å². The summed E-state index contributed by atoms with van der Waals surface area (Å²) in [5.74, 6) is 1.00. The second kappa shape index (κ2) is 2.83. The second-order valence-electron chi connectivity index (χ2n) is 2.48. The molecule has 0 aromatic carbocycles. The molecule has 2 heterocycles. The normalized spacial score (nSPS) is 20.1. The number of aromatic nitrogens is 1. The molecule has 1 fully saturated rings. The first-order chi connectivity index (χ1) is 5.40. The van der Waals surface area contributed by atoms with E-state index in [4.69, 9.17) is 4.42 Å². The molecular formula is C6H7FN2OS. The summed E-state index contributed by atoms with van der Waals surface area (Å²) in [6.07, 6.45) is 3.15. The third kappa shape index (κ3) is 1.25. The Balaban J connectivity index is 1.92. The molecule has 0 spiro atoms. The zero-order chi connectivity index (χ0) is 7.68. The number of rotatable bonds is 2. The van der Waals surface area contributed by atoms with Crippen molar-refractivity contribution in [3.8, 4) is 0 Å². The molecule has 11 heavy (non-hydrogen) atoms. The van der Waals surface area contributed by atoms with Gasteiger partial charge in [0.05, 0.1) is 12.1 Å². The van der Waals surface area contributed by atoms with Crippen LogP contribution >= 0.6 is 12.3 Å². The van der Waals surface area contributed by atoms with Crippen molar-refractivity contribution in [2.75, 3.05) is 13.1 Å². The van der Waals surface area contributed by atoms with Crippen molar-refractivity contribution >= 4 is 12.3 Å². The van der Waals surface area contributed by atoms with Crippen LogP contribution in [-0.2, 0) is 0 Å². The number of oxazole rings is 1. The van der Waals surface area contributed by atoms with Gasteiger partial charge in [-0.3, -0.25) is 0 Å². The molecule has 1 aromatic rings. The fraction of sp³-hybridized carbons (Fsp3) is 0.500. The van der Waals surface area contributed by atoms with Crippen LogP contribution in [0.15, 0.2) is 16.9 Å². The topological polar surface area (TPSA) is 29.3 Å². The van der Waals surface area contributed by atoms with Crippen LogP contribution in [0.2, 0.25) is 0 Å². The molecule has 1 aromatic heterocycles. The highest BCUT2D eigenvalue weighted by molar-refractivity contribution is 7.91. The Labute approximate surface area is 68.0 Å². The minimum Gasteiger partial charge on any atom is -0.449 e. The van der Waals surface area contributed by atoms with Crippen molar-refractivity contribution < 1.29 is 8.30 Å². The number of hydrogen-bond donors (Lipinski definition) is 0. The molecule has 5 heteroatoms. The van der Waals surface area contributed by atoms with Gasteiger partial charge in [0.1, 0.15) is 18.6 Å². The van der Waals surface area contributed by atoms with Crippen molar-refractivity contribution in [1.29, 1.82) is 0 Å². The fourth-order valence-electron chi connectivity index (χ4n) is 1.09. The molecule has 0 bridgehead atoms. The number of hydrogen-bond acceptors (Lipinski definition) is 4. The standard InChI is InChI=1S/C6H7FN2OS/c7-11-9-3-5(4-9)6-8-1-2-10-6/h1-2,5H,3-4H2. The predicted molar refractivity (Wildman–Crippen MR) is 39.5 cm³/mol. The Morgan fingerprint density at radius 2 is 2.55 bits per heavy atom. The van der Waals surface area contributed by atoms with E-state index in [-0.39, 0.29) is 18.3 Å². The summed E-state index contributed by atoms with van der Waals surface area (Å²) < 4.78 is 18.5. The Bertz CT molecular complexity index is 222. The Morgan fingerprint density at radius 3 is 3.09 bits per heavy atom. The Hall–Kier alpha value is -0.550. The van der Waals surface area contributed by atoms with Gasteiger partial charge in [0, 0.05) is 13.1 Å². The Morgan fingerprint density at radius 1 is 1.73 bits per heavy atom. The summed E-state index contributed by atoms with van der Waals surface area (Å²) in [7, 11) is 0. The van der Waals surface area contributed by atoms with Crippen LogP contribution in [0.4, 0.5) is 3.89 Å². The third-order valence-electron chi connectivity index (χ3n) is 1.75. The van der Waals surface area contributed by atoms with Gasteiger partial charge in [0.25, 0.3) is 0 Å². The van der Waals surface area contributed by atoms with E-state index >= 15 is 0 Å². The maximum absolute atomic E-state index is 11.8. The van der Waals surface area contributed by atoms with E-state index < -0.39 is 0 Å². The van der Waals surface area contributed by atoms with Gasteiger partial charge in [-0.05, 0) is 0 Å². The van der Waals surface area contributed by atoms with Crippen LogP contribution in [0.3, 0.4) is 0 Å². The number of halogens is 1. The molecule has 0 radical (unpaired) electrons.